The van der Waals surface area contributed by atoms with Crippen LogP contribution in [0.5, 0.6) is 0 Å². The van der Waals surface area contributed by atoms with Gasteiger partial charge in [-0.3, -0.25) is 0 Å². The molecule has 0 spiro atoms. The van der Waals surface area contributed by atoms with Crippen molar-refractivity contribution in [2.24, 2.45) is 0 Å². The molecule has 102 valence electrons. The summed E-state index contributed by atoms with van der Waals surface area (Å²) in [5.74, 6) is 2.70. The maximum Gasteiger partial charge on any atom is 0.134 e. The zero-order chi connectivity index (χ0) is 13.4. The van der Waals surface area contributed by atoms with Crippen molar-refractivity contribution >= 4 is 11.6 Å². The highest BCUT2D eigenvalue weighted by molar-refractivity contribution is 5.48. The van der Waals surface area contributed by atoms with Crippen LogP contribution in [-0.2, 0) is 0 Å². The smallest absolute Gasteiger partial charge is 0.134 e. The van der Waals surface area contributed by atoms with E-state index in [0.29, 0.717) is 0 Å². The van der Waals surface area contributed by atoms with E-state index in [1.807, 2.05) is 20.0 Å². The molecule has 0 amide bonds. The van der Waals surface area contributed by atoms with Crippen molar-refractivity contribution in [1.82, 2.24) is 15.3 Å². The third-order valence-electron chi connectivity index (χ3n) is 2.75. The third kappa shape index (κ3) is 4.87. The van der Waals surface area contributed by atoms with E-state index in [2.05, 4.69) is 39.5 Å². The van der Waals surface area contributed by atoms with Gasteiger partial charge in [0.05, 0.1) is 0 Å². The van der Waals surface area contributed by atoms with Gasteiger partial charge in [-0.2, -0.15) is 0 Å². The summed E-state index contributed by atoms with van der Waals surface area (Å²) in [4.78, 5) is 11.0. The first-order chi connectivity index (χ1) is 8.67. The second kappa shape index (κ2) is 7.87. The normalized spacial score (nSPS) is 10.4. The van der Waals surface area contributed by atoms with Crippen molar-refractivity contribution in [3.05, 3.63) is 11.9 Å². The SMILES string of the molecule is CCCCNc1cc(N(C)CCNC)nc(C)n1. The third-order valence-corrected chi connectivity index (χ3v) is 2.75. The fourth-order valence-electron chi connectivity index (χ4n) is 1.63. The van der Waals surface area contributed by atoms with Gasteiger partial charge in [-0.25, -0.2) is 9.97 Å². The number of nitrogens with one attached hydrogen (secondary N) is 2. The van der Waals surface area contributed by atoms with E-state index in [9.17, 15) is 0 Å². The first kappa shape index (κ1) is 14.7. The molecule has 5 nitrogen and oxygen atoms in total. The van der Waals surface area contributed by atoms with E-state index in [1.165, 1.54) is 6.42 Å². The topological polar surface area (TPSA) is 53.1 Å². The van der Waals surface area contributed by atoms with E-state index in [0.717, 1.165) is 43.5 Å². The lowest BCUT2D eigenvalue weighted by Crippen LogP contribution is -2.28. The molecule has 0 aromatic carbocycles. The van der Waals surface area contributed by atoms with Crippen LogP contribution in [0.1, 0.15) is 25.6 Å². The van der Waals surface area contributed by atoms with Crippen LogP contribution in [0.15, 0.2) is 6.07 Å². The molecule has 0 atom stereocenters. The van der Waals surface area contributed by atoms with E-state index in [4.69, 9.17) is 0 Å². The second-order valence-corrected chi connectivity index (χ2v) is 4.46. The van der Waals surface area contributed by atoms with Crippen LogP contribution in [0, 0.1) is 6.92 Å². The molecular formula is C13H25N5. The molecule has 0 saturated heterocycles. The van der Waals surface area contributed by atoms with Gasteiger partial charge in [-0.05, 0) is 20.4 Å². The van der Waals surface area contributed by atoms with Crippen LogP contribution in [0.3, 0.4) is 0 Å². The lowest BCUT2D eigenvalue weighted by molar-refractivity contribution is 0.758. The van der Waals surface area contributed by atoms with Crippen LogP contribution >= 0.6 is 0 Å². The number of likely N-dealkylation sites (N-methyl/N-ethyl adjacent to an activating group) is 2. The Labute approximate surface area is 110 Å². The molecule has 5 heteroatoms. The minimum atomic E-state index is 0.808. The van der Waals surface area contributed by atoms with Crippen molar-refractivity contribution in [2.75, 3.05) is 43.9 Å². The highest BCUT2D eigenvalue weighted by Crippen LogP contribution is 2.14. The monoisotopic (exact) mass is 251 g/mol. The van der Waals surface area contributed by atoms with Crippen LogP contribution < -0.4 is 15.5 Å². The van der Waals surface area contributed by atoms with E-state index < -0.39 is 0 Å². The zero-order valence-electron chi connectivity index (χ0n) is 12.0. The summed E-state index contributed by atoms with van der Waals surface area (Å²) in [6.45, 7) is 6.95. The molecule has 0 radical (unpaired) electrons. The number of aryl methyl sites for hydroxylation is 1. The summed E-state index contributed by atoms with van der Waals surface area (Å²) in [5, 5.41) is 6.48. The summed E-state index contributed by atoms with van der Waals surface area (Å²) >= 11 is 0. The molecule has 0 fully saturated rings. The Kier molecular flexibility index (Phi) is 6.43. The molecule has 0 unspecified atom stereocenters. The molecule has 0 aliphatic heterocycles. The lowest BCUT2D eigenvalue weighted by Gasteiger charge is -2.19. The molecule has 18 heavy (non-hydrogen) atoms. The van der Waals surface area contributed by atoms with Crippen molar-refractivity contribution in [3.63, 3.8) is 0 Å². The number of anilines is 2. The van der Waals surface area contributed by atoms with Crippen molar-refractivity contribution in [1.29, 1.82) is 0 Å². The average molecular weight is 251 g/mol. The maximum atomic E-state index is 4.46. The Morgan fingerprint density at radius 2 is 2.06 bits per heavy atom. The molecule has 1 aromatic heterocycles. The predicted octanol–water partition coefficient (Wildman–Crippen LogP) is 1.65. The summed E-state index contributed by atoms with van der Waals surface area (Å²) in [6.07, 6.45) is 2.35. The minimum absolute atomic E-state index is 0.808. The van der Waals surface area contributed by atoms with Crippen molar-refractivity contribution in [3.8, 4) is 0 Å². The van der Waals surface area contributed by atoms with E-state index in [1.54, 1.807) is 0 Å². The number of unbranched alkanes of at least 4 members (excludes halogenated alkanes) is 1. The average Bonchev–Trinajstić information content (AvgIpc) is 2.35. The predicted molar refractivity (Wildman–Crippen MR) is 77.4 cm³/mol. The standard InChI is InChI=1S/C13H25N5/c1-5-6-7-15-12-10-13(17-11(2)16-12)18(4)9-8-14-3/h10,14H,5-9H2,1-4H3,(H,15,16,17). The molecule has 1 aromatic rings. The molecule has 0 saturated carbocycles. The molecule has 1 rings (SSSR count). The largest absolute Gasteiger partial charge is 0.370 e. The number of aromatic nitrogens is 2. The number of hydrogen-bond acceptors (Lipinski definition) is 5. The fraction of sp³-hybridized carbons (Fsp3) is 0.692. The van der Waals surface area contributed by atoms with Gasteiger partial charge >= 0.3 is 0 Å². The fourth-order valence-corrected chi connectivity index (χ4v) is 1.63. The highest BCUT2D eigenvalue weighted by Gasteiger charge is 2.05. The Bertz CT molecular complexity index is 353. The van der Waals surface area contributed by atoms with Gasteiger partial charge in [0.25, 0.3) is 0 Å². The van der Waals surface area contributed by atoms with E-state index in [-0.39, 0.29) is 0 Å². The number of hydrogen-bond donors (Lipinski definition) is 2. The first-order valence-electron chi connectivity index (χ1n) is 6.62. The van der Waals surface area contributed by atoms with Crippen LogP contribution in [0.2, 0.25) is 0 Å². The van der Waals surface area contributed by atoms with Crippen molar-refractivity contribution in [2.45, 2.75) is 26.7 Å². The first-order valence-corrected chi connectivity index (χ1v) is 6.62. The summed E-state index contributed by atoms with van der Waals surface area (Å²) in [6, 6.07) is 2.01. The van der Waals surface area contributed by atoms with Crippen molar-refractivity contribution < 1.29 is 0 Å². The van der Waals surface area contributed by atoms with Gasteiger partial charge < -0.3 is 15.5 Å². The van der Waals surface area contributed by atoms with Crippen LogP contribution in [0.4, 0.5) is 11.6 Å². The Balaban J connectivity index is 2.67. The Morgan fingerprint density at radius 3 is 2.72 bits per heavy atom. The van der Waals surface area contributed by atoms with Gasteiger partial charge in [0.2, 0.25) is 0 Å². The van der Waals surface area contributed by atoms with Gasteiger partial charge in [-0.1, -0.05) is 13.3 Å². The molecule has 1 heterocycles. The second-order valence-electron chi connectivity index (χ2n) is 4.46. The van der Waals surface area contributed by atoms with Crippen LogP contribution in [-0.4, -0.2) is 43.7 Å². The van der Waals surface area contributed by atoms with Crippen LogP contribution in [0.25, 0.3) is 0 Å². The summed E-state index contributed by atoms with van der Waals surface area (Å²) in [5.41, 5.74) is 0. The summed E-state index contributed by atoms with van der Waals surface area (Å²) in [7, 11) is 4.01. The highest BCUT2D eigenvalue weighted by atomic mass is 15.2. The molecular weight excluding hydrogens is 226 g/mol. The quantitative estimate of drug-likeness (QED) is 0.688. The molecule has 0 aliphatic carbocycles. The van der Waals surface area contributed by atoms with Gasteiger partial charge in [-0.15, -0.1) is 0 Å². The summed E-state index contributed by atoms with van der Waals surface area (Å²) < 4.78 is 0. The molecule has 0 bridgehead atoms. The number of nitrogens with zero attached hydrogens (tertiary/aromatic N) is 3. The molecule has 0 aliphatic rings. The van der Waals surface area contributed by atoms with Gasteiger partial charge in [0, 0.05) is 32.7 Å². The number of rotatable bonds is 8. The van der Waals surface area contributed by atoms with Gasteiger partial charge in [0.15, 0.2) is 0 Å². The Hall–Kier alpha value is -1.36. The van der Waals surface area contributed by atoms with Gasteiger partial charge in [0.1, 0.15) is 17.5 Å². The maximum absolute atomic E-state index is 4.46. The minimum Gasteiger partial charge on any atom is -0.370 e. The zero-order valence-corrected chi connectivity index (χ0v) is 12.0. The molecule has 2 N–H and O–H groups in total. The van der Waals surface area contributed by atoms with E-state index >= 15 is 0 Å². The Morgan fingerprint density at radius 1 is 1.28 bits per heavy atom. The lowest BCUT2D eigenvalue weighted by atomic mass is 10.3.